The number of sulfonamides is 1. The summed E-state index contributed by atoms with van der Waals surface area (Å²) in [4.78, 5) is 3.34. The van der Waals surface area contributed by atoms with Crippen molar-refractivity contribution in [3.05, 3.63) is 21.8 Å². The van der Waals surface area contributed by atoms with E-state index in [1.165, 1.54) is 0 Å². The highest BCUT2D eigenvalue weighted by molar-refractivity contribution is 9.10. The topological polar surface area (TPSA) is 96.8 Å². The van der Waals surface area contributed by atoms with Crippen LogP contribution in [-0.2, 0) is 10.0 Å². The molecule has 0 saturated heterocycles. The first kappa shape index (κ1) is 13.0. The Morgan fingerprint density at radius 1 is 1.56 bits per heavy atom. The molecule has 0 spiro atoms. The Morgan fingerprint density at radius 3 is 2.50 bits per heavy atom. The molecule has 0 aliphatic carbocycles. The number of nitriles is 1. The van der Waals surface area contributed by atoms with Gasteiger partial charge in [-0.05, 0) is 22.0 Å². The SMILES string of the molecule is N#Cc1cc(C(F)F)c(S(N)(=O)=O)nc1Br. The van der Waals surface area contributed by atoms with Crippen molar-refractivity contribution in [3.63, 3.8) is 0 Å². The van der Waals surface area contributed by atoms with Crippen molar-refractivity contribution in [3.8, 4) is 6.07 Å². The van der Waals surface area contributed by atoms with E-state index in [2.05, 4.69) is 20.9 Å². The van der Waals surface area contributed by atoms with Gasteiger partial charge in [0.05, 0.1) is 11.1 Å². The number of halogens is 3. The lowest BCUT2D eigenvalue weighted by Gasteiger charge is -2.07. The molecule has 0 bridgehead atoms. The average Bonchev–Trinajstić information content (AvgIpc) is 2.15. The Kier molecular flexibility index (Phi) is 3.57. The van der Waals surface area contributed by atoms with E-state index in [-0.39, 0.29) is 10.2 Å². The van der Waals surface area contributed by atoms with E-state index < -0.39 is 27.0 Å². The highest BCUT2D eigenvalue weighted by Crippen LogP contribution is 2.28. The molecule has 0 fully saturated rings. The molecule has 0 aliphatic rings. The minimum Gasteiger partial charge on any atom is -0.226 e. The summed E-state index contributed by atoms with van der Waals surface area (Å²) in [7, 11) is -4.36. The monoisotopic (exact) mass is 311 g/mol. The van der Waals surface area contributed by atoms with Crippen molar-refractivity contribution in [1.82, 2.24) is 4.98 Å². The van der Waals surface area contributed by atoms with Crippen LogP contribution in [0.3, 0.4) is 0 Å². The quantitative estimate of drug-likeness (QED) is 0.832. The molecule has 0 radical (unpaired) electrons. The van der Waals surface area contributed by atoms with Crippen LogP contribution in [0.1, 0.15) is 17.6 Å². The fraction of sp³-hybridized carbons (Fsp3) is 0.143. The summed E-state index contributed by atoms with van der Waals surface area (Å²) >= 11 is 2.78. The lowest BCUT2D eigenvalue weighted by atomic mass is 10.2. The predicted molar refractivity (Wildman–Crippen MR) is 53.0 cm³/mol. The van der Waals surface area contributed by atoms with Crippen LogP contribution in [0.5, 0.6) is 0 Å². The third-order valence-corrected chi connectivity index (χ3v) is 3.06. The van der Waals surface area contributed by atoms with Crippen LogP contribution in [0, 0.1) is 11.3 Å². The van der Waals surface area contributed by atoms with Gasteiger partial charge >= 0.3 is 0 Å². The Labute approximate surface area is 98.1 Å². The summed E-state index contributed by atoms with van der Waals surface area (Å²) in [6.45, 7) is 0. The number of hydrogen-bond donors (Lipinski definition) is 1. The highest BCUT2D eigenvalue weighted by Gasteiger charge is 2.24. The van der Waals surface area contributed by atoms with Gasteiger partial charge in [-0.15, -0.1) is 0 Å². The number of aromatic nitrogens is 1. The fourth-order valence-electron chi connectivity index (χ4n) is 0.953. The normalized spacial score (nSPS) is 11.5. The summed E-state index contributed by atoms with van der Waals surface area (Å²) in [5.41, 5.74) is -1.08. The van der Waals surface area contributed by atoms with Crippen molar-refractivity contribution in [2.75, 3.05) is 0 Å². The third-order valence-electron chi connectivity index (χ3n) is 1.59. The first-order valence-corrected chi connectivity index (χ1v) is 6.02. The van der Waals surface area contributed by atoms with Gasteiger partial charge in [0.15, 0.2) is 5.03 Å². The third kappa shape index (κ3) is 2.52. The van der Waals surface area contributed by atoms with E-state index >= 15 is 0 Å². The predicted octanol–water partition coefficient (Wildman–Crippen LogP) is 1.30. The highest BCUT2D eigenvalue weighted by atomic mass is 79.9. The number of nitrogens with two attached hydrogens (primary N) is 1. The molecule has 1 aromatic rings. The minimum absolute atomic E-state index is 0.150. The van der Waals surface area contributed by atoms with Gasteiger partial charge in [-0.25, -0.2) is 27.3 Å². The van der Waals surface area contributed by atoms with Gasteiger partial charge in [0.25, 0.3) is 16.4 Å². The summed E-state index contributed by atoms with van der Waals surface area (Å²) in [5, 5.41) is 12.4. The van der Waals surface area contributed by atoms with Crippen molar-refractivity contribution in [2.45, 2.75) is 11.5 Å². The lowest BCUT2D eigenvalue weighted by Crippen LogP contribution is -2.17. The molecule has 16 heavy (non-hydrogen) atoms. The number of rotatable bonds is 2. The van der Waals surface area contributed by atoms with Crippen LogP contribution in [0.2, 0.25) is 0 Å². The number of nitrogens with zero attached hydrogens (tertiary/aromatic N) is 2. The van der Waals surface area contributed by atoms with Gasteiger partial charge in [0.1, 0.15) is 10.7 Å². The standard InChI is InChI=1S/C7H4BrF2N3O2S/c8-5-3(2-11)1-4(6(9)10)7(13-5)16(12,14)15/h1,6H,(H2,12,14,15). The molecule has 1 heterocycles. The molecule has 0 aromatic carbocycles. The molecule has 2 N–H and O–H groups in total. The maximum absolute atomic E-state index is 12.5. The number of alkyl halides is 2. The molecule has 0 atom stereocenters. The maximum Gasteiger partial charge on any atom is 0.266 e. The summed E-state index contributed by atoms with van der Waals surface area (Å²) in [6, 6.07) is 2.33. The molecule has 0 unspecified atom stereocenters. The van der Waals surface area contributed by atoms with Gasteiger partial charge < -0.3 is 0 Å². The largest absolute Gasteiger partial charge is 0.266 e. The van der Waals surface area contributed by atoms with E-state index in [9.17, 15) is 17.2 Å². The van der Waals surface area contributed by atoms with Crippen molar-refractivity contribution < 1.29 is 17.2 Å². The zero-order valence-corrected chi connectivity index (χ0v) is 9.89. The van der Waals surface area contributed by atoms with Crippen LogP contribution in [-0.4, -0.2) is 13.4 Å². The van der Waals surface area contributed by atoms with Gasteiger partial charge in [-0.1, -0.05) is 0 Å². The van der Waals surface area contributed by atoms with Crippen molar-refractivity contribution in [1.29, 1.82) is 5.26 Å². The Hall–Kier alpha value is -1.11. The second kappa shape index (κ2) is 4.40. The molecule has 1 rings (SSSR count). The van der Waals surface area contributed by atoms with E-state index in [1.807, 2.05) is 0 Å². The van der Waals surface area contributed by atoms with E-state index in [4.69, 9.17) is 10.4 Å². The zero-order chi connectivity index (χ0) is 12.5. The smallest absolute Gasteiger partial charge is 0.226 e. The first-order valence-electron chi connectivity index (χ1n) is 3.69. The zero-order valence-electron chi connectivity index (χ0n) is 7.49. The summed E-state index contributed by atoms with van der Waals surface area (Å²) in [5.74, 6) is 0. The lowest BCUT2D eigenvalue weighted by molar-refractivity contribution is 0.147. The Balaban J connectivity index is 3.63. The molecular formula is C7H4BrF2N3O2S. The van der Waals surface area contributed by atoms with Crippen molar-refractivity contribution in [2.24, 2.45) is 5.14 Å². The van der Waals surface area contributed by atoms with Gasteiger partial charge in [0, 0.05) is 0 Å². The maximum atomic E-state index is 12.5. The fourth-order valence-corrected chi connectivity index (χ4v) is 2.15. The molecule has 0 saturated carbocycles. The Morgan fingerprint density at radius 2 is 2.12 bits per heavy atom. The number of hydrogen-bond acceptors (Lipinski definition) is 4. The molecule has 1 aromatic heterocycles. The first-order chi connectivity index (χ1) is 7.27. The Bertz CT molecular complexity index is 568. The molecule has 0 amide bonds. The van der Waals surface area contributed by atoms with Gasteiger partial charge in [0.2, 0.25) is 0 Å². The molecule has 9 heteroatoms. The second-order valence-electron chi connectivity index (χ2n) is 2.68. The van der Waals surface area contributed by atoms with E-state index in [1.54, 1.807) is 6.07 Å². The van der Waals surface area contributed by atoms with E-state index in [0.29, 0.717) is 0 Å². The van der Waals surface area contributed by atoms with Crippen LogP contribution in [0.15, 0.2) is 15.7 Å². The second-order valence-corrected chi connectivity index (χ2v) is 4.91. The molecule has 5 nitrogen and oxygen atoms in total. The average molecular weight is 312 g/mol. The van der Waals surface area contributed by atoms with Crippen LogP contribution < -0.4 is 5.14 Å². The number of pyridine rings is 1. The summed E-state index contributed by atoms with van der Waals surface area (Å²) < 4.78 is 46.9. The summed E-state index contributed by atoms with van der Waals surface area (Å²) in [6.07, 6.45) is -3.08. The molecule has 0 aliphatic heterocycles. The van der Waals surface area contributed by atoms with Gasteiger partial charge in [-0.3, -0.25) is 0 Å². The van der Waals surface area contributed by atoms with Gasteiger partial charge in [-0.2, -0.15) is 5.26 Å². The van der Waals surface area contributed by atoms with Crippen LogP contribution in [0.25, 0.3) is 0 Å². The molecular weight excluding hydrogens is 308 g/mol. The number of primary sulfonamides is 1. The molecule has 86 valence electrons. The van der Waals surface area contributed by atoms with Crippen LogP contribution in [0.4, 0.5) is 8.78 Å². The van der Waals surface area contributed by atoms with Crippen molar-refractivity contribution >= 4 is 26.0 Å². The minimum atomic E-state index is -4.36. The van der Waals surface area contributed by atoms with Crippen LogP contribution >= 0.6 is 15.9 Å². The van der Waals surface area contributed by atoms with E-state index in [0.717, 1.165) is 6.07 Å².